The van der Waals surface area contributed by atoms with Crippen LogP contribution in [0.3, 0.4) is 0 Å². The SMILES string of the molecule is COc1cc(C(=O)c2c(O[Si](C)(C)CC(C)C)oc3c(OC(C)C)c(OC)ccc23)cc(OC)c1OC. The van der Waals surface area contributed by atoms with Gasteiger partial charge in [-0.2, -0.15) is 0 Å². The van der Waals surface area contributed by atoms with Crippen LogP contribution in [0.5, 0.6) is 34.7 Å². The smallest absolute Gasteiger partial charge is 0.283 e. The van der Waals surface area contributed by atoms with Crippen molar-refractivity contribution in [1.29, 1.82) is 0 Å². The molecule has 0 N–H and O–H groups in total. The van der Waals surface area contributed by atoms with Crippen LogP contribution in [0.15, 0.2) is 28.7 Å². The van der Waals surface area contributed by atoms with Crippen LogP contribution in [0.2, 0.25) is 19.1 Å². The van der Waals surface area contributed by atoms with Crippen molar-refractivity contribution in [3.8, 4) is 34.7 Å². The molecule has 8 nitrogen and oxygen atoms in total. The molecule has 0 atom stereocenters. The van der Waals surface area contributed by atoms with Crippen LogP contribution in [0.25, 0.3) is 11.0 Å². The summed E-state index contributed by atoms with van der Waals surface area (Å²) in [5.41, 5.74) is 1.05. The van der Waals surface area contributed by atoms with Gasteiger partial charge in [0.2, 0.25) is 25.6 Å². The summed E-state index contributed by atoms with van der Waals surface area (Å²) in [7, 11) is 3.84. The molecule has 0 spiro atoms. The zero-order valence-electron chi connectivity index (χ0n) is 23.4. The lowest BCUT2D eigenvalue weighted by molar-refractivity contribution is 0.103. The fourth-order valence-electron chi connectivity index (χ4n) is 4.52. The minimum atomic E-state index is -2.26. The summed E-state index contributed by atoms with van der Waals surface area (Å²) >= 11 is 0. The van der Waals surface area contributed by atoms with Gasteiger partial charge in [0.1, 0.15) is 5.56 Å². The summed E-state index contributed by atoms with van der Waals surface area (Å²) in [6.45, 7) is 12.4. The second kappa shape index (κ2) is 11.4. The fraction of sp³-hybridized carbons (Fsp3) is 0.464. The average Bonchev–Trinajstić information content (AvgIpc) is 3.18. The van der Waals surface area contributed by atoms with E-state index in [0.29, 0.717) is 56.8 Å². The Bertz CT molecular complexity index is 1230. The molecule has 0 bridgehead atoms. The minimum absolute atomic E-state index is 0.144. The normalized spacial score (nSPS) is 11.7. The zero-order valence-corrected chi connectivity index (χ0v) is 24.4. The predicted octanol–water partition coefficient (Wildman–Crippen LogP) is 6.73. The number of furan rings is 1. The lowest BCUT2D eigenvalue weighted by Gasteiger charge is -2.24. The first-order valence-electron chi connectivity index (χ1n) is 12.3. The van der Waals surface area contributed by atoms with Gasteiger partial charge in [0, 0.05) is 10.9 Å². The highest BCUT2D eigenvalue weighted by molar-refractivity contribution is 6.71. The molecular formula is C28H38O8Si. The van der Waals surface area contributed by atoms with Gasteiger partial charge >= 0.3 is 0 Å². The van der Waals surface area contributed by atoms with Crippen LogP contribution >= 0.6 is 0 Å². The van der Waals surface area contributed by atoms with Gasteiger partial charge in [0.05, 0.1) is 34.5 Å². The molecule has 1 aromatic heterocycles. The van der Waals surface area contributed by atoms with Gasteiger partial charge < -0.3 is 32.5 Å². The summed E-state index contributed by atoms with van der Waals surface area (Å²) < 4.78 is 40.8. The molecule has 0 fully saturated rings. The quantitative estimate of drug-likeness (QED) is 0.188. The van der Waals surface area contributed by atoms with Gasteiger partial charge in [0.25, 0.3) is 5.95 Å². The molecule has 3 aromatic rings. The molecule has 0 amide bonds. The van der Waals surface area contributed by atoms with E-state index in [1.54, 1.807) is 31.4 Å². The highest BCUT2D eigenvalue weighted by Gasteiger charge is 2.34. The van der Waals surface area contributed by atoms with Crippen molar-refractivity contribution in [3.63, 3.8) is 0 Å². The van der Waals surface area contributed by atoms with Crippen molar-refractivity contribution in [2.45, 2.75) is 52.9 Å². The van der Waals surface area contributed by atoms with E-state index < -0.39 is 8.32 Å². The maximum atomic E-state index is 14.1. The molecule has 0 aliphatic carbocycles. The molecule has 3 rings (SSSR count). The largest absolute Gasteiger partial charge is 0.519 e. The van der Waals surface area contributed by atoms with Crippen molar-refractivity contribution in [3.05, 3.63) is 35.4 Å². The molecule has 1 heterocycles. The molecule has 0 aliphatic rings. The molecule has 9 heteroatoms. The summed E-state index contributed by atoms with van der Waals surface area (Å²) in [6, 6.07) is 7.69. The van der Waals surface area contributed by atoms with Gasteiger partial charge in [-0.25, -0.2) is 0 Å². The summed E-state index contributed by atoms with van der Waals surface area (Å²) in [5.74, 6) is 2.38. The number of benzene rings is 2. The number of fused-ring (bicyclic) bond motifs is 1. The maximum absolute atomic E-state index is 14.1. The van der Waals surface area contributed by atoms with Gasteiger partial charge in [0.15, 0.2) is 22.8 Å². The lowest BCUT2D eigenvalue weighted by Crippen LogP contribution is -2.35. The average molecular weight is 531 g/mol. The third-order valence-electron chi connectivity index (χ3n) is 5.74. The number of methoxy groups -OCH3 is 4. The van der Waals surface area contributed by atoms with Crippen LogP contribution in [0.4, 0.5) is 0 Å². The zero-order chi connectivity index (χ0) is 27.5. The second-order valence-electron chi connectivity index (χ2n) is 10.1. The van der Waals surface area contributed by atoms with Crippen molar-refractivity contribution in [1.82, 2.24) is 0 Å². The number of hydrogen-bond acceptors (Lipinski definition) is 8. The van der Waals surface area contributed by atoms with Crippen LogP contribution in [0.1, 0.15) is 43.6 Å². The number of carbonyl (C=O) groups excluding carboxylic acids is 1. The molecule has 0 saturated heterocycles. The second-order valence-corrected chi connectivity index (χ2v) is 14.2. The summed E-state index contributed by atoms with van der Waals surface area (Å²) in [5, 5.41) is 0.569. The Hall–Kier alpha value is -3.33. The van der Waals surface area contributed by atoms with E-state index in [4.69, 9.17) is 32.5 Å². The Morgan fingerprint density at radius 2 is 1.46 bits per heavy atom. The van der Waals surface area contributed by atoms with Gasteiger partial charge in [-0.05, 0) is 63.2 Å². The standard InChI is InChI=1S/C28H38O8Si/c1-16(2)15-37(9,10)36-28-23(19-11-12-20(30-5)27(25(19)35-28)34-17(3)4)24(29)18-13-21(31-6)26(33-8)22(14-18)32-7/h11-14,16-17H,15H2,1-10H3. The third kappa shape index (κ3) is 5.98. The molecule has 37 heavy (non-hydrogen) atoms. The van der Waals surface area contributed by atoms with E-state index in [-0.39, 0.29) is 17.8 Å². The number of ether oxygens (including phenoxy) is 5. The molecule has 2 aromatic carbocycles. The Labute approximate surface area is 219 Å². The first kappa shape index (κ1) is 28.2. The number of rotatable bonds is 12. The molecule has 0 aliphatic heterocycles. The van der Waals surface area contributed by atoms with E-state index in [0.717, 1.165) is 6.04 Å². The Kier molecular flexibility index (Phi) is 8.68. The monoisotopic (exact) mass is 530 g/mol. The molecular weight excluding hydrogens is 492 g/mol. The molecule has 202 valence electrons. The first-order chi connectivity index (χ1) is 17.5. The van der Waals surface area contributed by atoms with Crippen molar-refractivity contribution in [2.75, 3.05) is 28.4 Å². The molecule has 0 radical (unpaired) electrons. The van der Waals surface area contributed by atoms with E-state index in [9.17, 15) is 4.79 Å². The third-order valence-corrected chi connectivity index (χ3v) is 8.28. The van der Waals surface area contributed by atoms with E-state index >= 15 is 0 Å². The summed E-state index contributed by atoms with van der Waals surface area (Å²) in [4.78, 5) is 14.1. The lowest BCUT2D eigenvalue weighted by atomic mass is 10.0. The van der Waals surface area contributed by atoms with E-state index in [2.05, 4.69) is 26.9 Å². The highest BCUT2D eigenvalue weighted by atomic mass is 28.4. The van der Waals surface area contributed by atoms with Crippen molar-refractivity contribution >= 4 is 25.1 Å². The number of ketones is 1. The Morgan fingerprint density at radius 1 is 0.865 bits per heavy atom. The van der Waals surface area contributed by atoms with Crippen LogP contribution in [-0.2, 0) is 0 Å². The highest BCUT2D eigenvalue weighted by Crippen LogP contribution is 2.45. The van der Waals surface area contributed by atoms with Crippen LogP contribution in [-0.4, -0.2) is 48.6 Å². The predicted molar refractivity (Wildman–Crippen MR) is 146 cm³/mol. The number of hydrogen-bond donors (Lipinski definition) is 0. The topological polar surface area (TPSA) is 85.6 Å². The van der Waals surface area contributed by atoms with Crippen LogP contribution in [0, 0.1) is 5.92 Å². The summed E-state index contributed by atoms with van der Waals surface area (Å²) in [6.07, 6.45) is -0.144. The minimum Gasteiger partial charge on any atom is -0.519 e. The Morgan fingerprint density at radius 3 is 1.95 bits per heavy atom. The van der Waals surface area contributed by atoms with Gasteiger partial charge in [-0.15, -0.1) is 0 Å². The van der Waals surface area contributed by atoms with Crippen molar-refractivity contribution in [2.24, 2.45) is 5.92 Å². The van der Waals surface area contributed by atoms with E-state index in [1.807, 2.05) is 13.8 Å². The van der Waals surface area contributed by atoms with Crippen LogP contribution < -0.4 is 28.1 Å². The fourth-order valence-corrected chi connectivity index (χ4v) is 7.22. The van der Waals surface area contributed by atoms with Crippen molar-refractivity contribution < 1.29 is 37.3 Å². The van der Waals surface area contributed by atoms with Gasteiger partial charge in [-0.1, -0.05) is 13.8 Å². The van der Waals surface area contributed by atoms with Gasteiger partial charge in [-0.3, -0.25) is 4.79 Å². The van der Waals surface area contributed by atoms with E-state index in [1.165, 1.54) is 21.3 Å². The molecule has 0 unspecified atom stereocenters. The number of carbonyl (C=O) groups is 1. The maximum Gasteiger partial charge on any atom is 0.283 e. The molecule has 0 saturated carbocycles. The first-order valence-corrected chi connectivity index (χ1v) is 15.4. The Balaban J connectivity index is 2.30.